The van der Waals surface area contributed by atoms with Crippen molar-refractivity contribution in [2.45, 2.75) is 12.8 Å². The summed E-state index contributed by atoms with van der Waals surface area (Å²) in [4.78, 5) is 18.7. The molecule has 0 radical (unpaired) electrons. The number of benzene rings is 1. The minimum atomic E-state index is -0.0130. The van der Waals surface area contributed by atoms with Crippen LogP contribution < -0.4 is 5.73 Å². The van der Waals surface area contributed by atoms with Gasteiger partial charge in [0.1, 0.15) is 0 Å². The van der Waals surface area contributed by atoms with Crippen LogP contribution in [-0.4, -0.2) is 34.4 Å². The van der Waals surface area contributed by atoms with E-state index in [1.165, 1.54) is 0 Å². The largest absolute Gasteiger partial charge is 0.393 e. The molecule has 114 valence electrons. The van der Waals surface area contributed by atoms with Gasteiger partial charge in [-0.05, 0) is 35.7 Å². The van der Waals surface area contributed by atoms with Gasteiger partial charge in [0.25, 0.3) is 5.91 Å². The van der Waals surface area contributed by atoms with Crippen LogP contribution in [0, 0.1) is 0 Å². The van der Waals surface area contributed by atoms with Gasteiger partial charge in [0.05, 0.1) is 4.99 Å². The number of pyridine rings is 1. The van der Waals surface area contributed by atoms with Crippen LogP contribution in [0.3, 0.4) is 0 Å². The Kier molecular flexibility index (Phi) is 5.61. The van der Waals surface area contributed by atoms with Gasteiger partial charge in [0.2, 0.25) is 0 Å². The molecule has 0 fully saturated rings. The van der Waals surface area contributed by atoms with Crippen molar-refractivity contribution in [3.05, 3.63) is 65.5 Å². The quantitative estimate of drug-likeness (QED) is 0.831. The Morgan fingerprint density at radius 2 is 1.91 bits per heavy atom. The second-order valence-corrected chi connectivity index (χ2v) is 5.66. The molecule has 1 heterocycles. The Labute approximate surface area is 136 Å². The van der Waals surface area contributed by atoms with Gasteiger partial charge >= 0.3 is 0 Å². The van der Waals surface area contributed by atoms with Crippen molar-refractivity contribution >= 4 is 23.1 Å². The molecule has 0 saturated heterocycles. The summed E-state index contributed by atoms with van der Waals surface area (Å²) in [6.45, 7) is 0.643. The predicted molar refractivity (Wildman–Crippen MR) is 91.8 cm³/mol. The summed E-state index contributed by atoms with van der Waals surface area (Å²) in [6, 6.07) is 11.4. The van der Waals surface area contributed by atoms with Gasteiger partial charge in [-0.25, -0.2) is 0 Å². The van der Waals surface area contributed by atoms with E-state index in [9.17, 15) is 4.79 Å². The van der Waals surface area contributed by atoms with Crippen molar-refractivity contribution in [1.82, 2.24) is 9.88 Å². The highest BCUT2D eigenvalue weighted by Crippen LogP contribution is 2.13. The third kappa shape index (κ3) is 4.36. The van der Waals surface area contributed by atoms with E-state index >= 15 is 0 Å². The second-order valence-electron chi connectivity index (χ2n) is 5.13. The second kappa shape index (κ2) is 7.66. The van der Waals surface area contributed by atoms with Crippen LogP contribution in [0.5, 0.6) is 0 Å². The molecule has 1 amide bonds. The van der Waals surface area contributed by atoms with Gasteiger partial charge < -0.3 is 10.6 Å². The van der Waals surface area contributed by atoms with Crippen molar-refractivity contribution in [1.29, 1.82) is 0 Å². The van der Waals surface area contributed by atoms with E-state index in [2.05, 4.69) is 4.98 Å². The van der Waals surface area contributed by atoms with E-state index in [0.29, 0.717) is 23.5 Å². The van der Waals surface area contributed by atoms with E-state index in [1.807, 2.05) is 36.4 Å². The molecule has 5 heteroatoms. The molecule has 0 bridgehead atoms. The first kappa shape index (κ1) is 16.1. The van der Waals surface area contributed by atoms with Gasteiger partial charge in [0, 0.05) is 38.0 Å². The van der Waals surface area contributed by atoms with Crippen LogP contribution in [0.15, 0.2) is 48.8 Å². The van der Waals surface area contributed by atoms with Gasteiger partial charge in [-0.1, -0.05) is 30.4 Å². The molecule has 0 atom stereocenters. The maximum absolute atomic E-state index is 12.6. The highest BCUT2D eigenvalue weighted by molar-refractivity contribution is 7.80. The summed E-state index contributed by atoms with van der Waals surface area (Å²) in [5.74, 6) is -0.0130. The molecule has 0 aliphatic rings. The van der Waals surface area contributed by atoms with E-state index in [-0.39, 0.29) is 5.91 Å². The molecule has 2 rings (SSSR count). The monoisotopic (exact) mass is 313 g/mol. The minimum absolute atomic E-state index is 0.0130. The number of amides is 1. The lowest BCUT2D eigenvalue weighted by atomic mass is 10.0. The van der Waals surface area contributed by atoms with Crippen LogP contribution >= 0.6 is 12.2 Å². The van der Waals surface area contributed by atoms with Crippen molar-refractivity contribution in [2.75, 3.05) is 13.6 Å². The lowest BCUT2D eigenvalue weighted by Gasteiger charge is -2.19. The number of rotatable bonds is 6. The fourth-order valence-corrected chi connectivity index (χ4v) is 2.38. The maximum Gasteiger partial charge on any atom is 0.253 e. The molecule has 4 nitrogen and oxygen atoms in total. The Hall–Kier alpha value is -2.27. The molecule has 22 heavy (non-hydrogen) atoms. The number of hydrogen-bond donors (Lipinski definition) is 1. The fraction of sp³-hybridized carbons (Fsp3) is 0.235. The standard InChI is InChI=1S/C17H19N3OS/c1-20(11-8-13-6-9-19-10-7-13)17(21)15-5-3-2-4-14(15)12-16(18)22/h2-7,9-10H,8,11-12H2,1H3,(H2,18,22). The number of carbonyl (C=O) groups excluding carboxylic acids is 1. The van der Waals surface area contributed by atoms with E-state index in [0.717, 1.165) is 17.5 Å². The number of nitrogens with two attached hydrogens (primary N) is 1. The van der Waals surface area contributed by atoms with E-state index in [4.69, 9.17) is 18.0 Å². The molecular weight excluding hydrogens is 294 g/mol. The van der Waals surface area contributed by atoms with Gasteiger partial charge in [-0.2, -0.15) is 0 Å². The highest BCUT2D eigenvalue weighted by Gasteiger charge is 2.15. The number of nitrogens with zero attached hydrogens (tertiary/aromatic N) is 2. The SMILES string of the molecule is CN(CCc1ccncc1)C(=O)c1ccccc1CC(N)=S. The van der Waals surface area contributed by atoms with Gasteiger partial charge in [-0.15, -0.1) is 0 Å². The first-order chi connectivity index (χ1) is 10.6. The summed E-state index contributed by atoms with van der Waals surface area (Å²) < 4.78 is 0. The summed E-state index contributed by atoms with van der Waals surface area (Å²) in [5, 5.41) is 0. The maximum atomic E-state index is 12.6. The summed E-state index contributed by atoms with van der Waals surface area (Å²) in [7, 11) is 1.81. The number of thiocarbonyl (C=S) groups is 1. The molecule has 0 aliphatic carbocycles. The normalized spacial score (nSPS) is 10.2. The predicted octanol–water partition coefficient (Wildman–Crippen LogP) is 2.22. The molecule has 1 aromatic carbocycles. The van der Waals surface area contributed by atoms with E-state index in [1.54, 1.807) is 24.3 Å². The Morgan fingerprint density at radius 1 is 1.23 bits per heavy atom. The van der Waals surface area contributed by atoms with Crippen molar-refractivity contribution < 1.29 is 4.79 Å². The zero-order valence-electron chi connectivity index (χ0n) is 12.5. The number of hydrogen-bond acceptors (Lipinski definition) is 3. The average molecular weight is 313 g/mol. The van der Waals surface area contributed by atoms with Crippen LogP contribution in [0.2, 0.25) is 0 Å². The topological polar surface area (TPSA) is 59.2 Å². The third-order valence-corrected chi connectivity index (χ3v) is 3.59. The Bertz CT molecular complexity index is 658. The Balaban J connectivity index is 2.06. The molecule has 2 aromatic rings. The number of likely N-dealkylation sites (N-methyl/N-ethyl adjacent to an activating group) is 1. The van der Waals surface area contributed by atoms with Crippen LogP contribution in [0.1, 0.15) is 21.5 Å². The zero-order chi connectivity index (χ0) is 15.9. The molecular formula is C17H19N3OS. The first-order valence-electron chi connectivity index (χ1n) is 7.08. The van der Waals surface area contributed by atoms with E-state index < -0.39 is 0 Å². The molecule has 1 aromatic heterocycles. The lowest BCUT2D eigenvalue weighted by Crippen LogP contribution is -2.30. The van der Waals surface area contributed by atoms with Gasteiger partial charge in [0.15, 0.2) is 0 Å². The van der Waals surface area contributed by atoms with Crippen LogP contribution in [-0.2, 0) is 12.8 Å². The molecule has 2 N–H and O–H groups in total. The minimum Gasteiger partial charge on any atom is -0.393 e. The highest BCUT2D eigenvalue weighted by atomic mass is 32.1. The number of carbonyl (C=O) groups is 1. The smallest absolute Gasteiger partial charge is 0.253 e. The summed E-state index contributed by atoms with van der Waals surface area (Å²) in [5.41, 5.74) is 8.29. The zero-order valence-corrected chi connectivity index (χ0v) is 13.3. The molecule has 0 spiro atoms. The first-order valence-corrected chi connectivity index (χ1v) is 7.49. The fourth-order valence-electron chi connectivity index (χ4n) is 2.22. The van der Waals surface area contributed by atoms with Crippen molar-refractivity contribution in [2.24, 2.45) is 5.73 Å². The average Bonchev–Trinajstić information content (AvgIpc) is 2.53. The van der Waals surface area contributed by atoms with Crippen molar-refractivity contribution in [3.63, 3.8) is 0 Å². The third-order valence-electron chi connectivity index (χ3n) is 3.44. The Morgan fingerprint density at radius 3 is 2.59 bits per heavy atom. The van der Waals surface area contributed by atoms with Gasteiger partial charge in [-0.3, -0.25) is 9.78 Å². The van der Waals surface area contributed by atoms with Crippen LogP contribution in [0.4, 0.5) is 0 Å². The molecule has 0 aliphatic heterocycles. The molecule has 0 unspecified atom stereocenters. The van der Waals surface area contributed by atoms with Crippen LogP contribution in [0.25, 0.3) is 0 Å². The lowest BCUT2D eigenvalue weighted by molar-refractivity contribution is 0.0796. The summed E-state index contributed by atoms with van der Waals surface area (Å²) in [6.07, 6.45) is 4.75. The van der Waals surface area contributed by atoms with Crippen molar-refractivity contribution in [3.8, 4) is 0 Å². The number of aromatic nitrogens is 1. The molecule has 0 saturated carbocycles. The summed E-state index contributed by atoms with van der Waals surface area (Å²) >= 11 is 4.95.